The standard InChI is InChI=1S/C29H27N3O3/c1-29(2,20-9-4-3-5-10-20)28(35)30-21-13-15-22(16-14-21)32-24-17-12-19-8-6-7-11-23(19)27(24)31-25(33)18-26(32)34/h3-11,13-16H,12,17-18H2,1-2H3,(H,30,35)(H,31,33). The van der Waals surface area contributed by atoms with Gasteiger partial charge in [-0.15, -0.1) is 0 Å². The van der Waals surface area contributed by atoms with Crippen molar-refractivity contribution < 1.29 is 14.4 Å². The van der Waals surface area contributed by atoms with Crippen LogP contribution in [0.3, 0.4) is 0 Å². The van der Waals surface area contributed by atoms with Crippen LogP contribution >= 0.6 is 0 Å². The van der Waals surface area contributed by atoms with Crippen molar-refractivity contribution in [1.82, 2.24) is 5.32 Å². The molecule has 0 bridgehead atoms. The molecule has 3 aromatic rings. The zero-order chi connectivity index (χ0) is 24.6. The maximum atomic E-state index is 13.1. The molecule has 6 heteroatoms. The first-order valence-corrected chi connectivity index (χ1v) is 11.8. The monoisotopic (exact) mass is 465 g/mol. The lowest BCUT2D eigenvalue weighted by Gasteiger charge is -2.30. The third-order valence-electron chi connectivity index (χ3n) is 6.75. The molecule has 0 fully saturated rings. The minimum atomic E-state index is -0.706. The fourth-order valence-electron chi connectivity index (χ4n) is 4.70. The van der Waals surface area contributed by atoms with E-state index in [9.17, 15) is 14.4 Å². The normalized spacial score (nSPS) is 15.7. The van der Waals surface area contributed by atoms with Gasteiger partial charge in [-0.1, -0.05) is 54.6 Å². The first-order valence-electron chi connectivity index (χ1n) is 11.8. The number of hydrogen-bond donors (Lipinski definition) is 2. The molecule has 0 aromatic heterocycles. The second-order valence-electron chi connectivity index (χ2n) is 9.42. The van der Waals surface area contributed by atoms with Gasteiger partial charge in [0.1, 0.15) is 6.42 Å². The van der Waals surface area contributed by atoms with Gasteiger partial charge in [0.2, 0.25) is 17.7 Å². The largest absolute Gasteiger partial charge is 0.325 e. The Bertz CT molecular complexity index is 1340. The van der Waals surface area contributed by atoms with Crippen molar-refractivity contribution >= 4 is 34.8 Å². The van der Waals surface area contributed by atoms with Gasteiger partial charge in [0.05, 0.1) is 16.8 Å². The van der Waals surface area contributed by atoms with Crippen LogP contribution in [-0.4, -0.2) is 17.7 Å². The van der Waals surface area contributed by atoms with Crippen molar-refractivity contribution in [3.8, 4) is 0 Å². The molecule has 0 spiro atoms. The van der Waals surface area contributed by atoms with E-state index in [4.69, 9.17) is 0 Å². The van der Waals surface area contributed by atoms with Gasteiger partial charge >= 0.3 is 0 Å². The smallest absolute Gasteiger partial charge is 0.240 e. The zero-order valence-corrected chi connectivity index (χ0v) is 19.8. The summed E-state index contributed by atoms with van der Waals surface area (Å²) in [5, 5.41) is 5.95. The van der Waals surface area contributed by atoms with Crippen molar-refractivity contribution in [3.63, 3.8) is 0 Å². The summed E-state index contributed by atoms with van der Waals surface area (Å²) in [6, 6.07) is 24.8. The quantitative estimate of drug-likeness (QED) is 0.545. The highest BCUT2D eigenvalue weighted by Crippen LogP contribution is 2.36. The molecular weight excluding hydrogens is 438 g/mol. The molecule has 0 radical (unpaired) electrons. The lowest BCUT2D eigenvalue weighted by Crippen LogP contribution is -2.34. The molecule has 6 nitrogen and oxygen atoms in total. The van der Waals surface area contributed by atoms with E-state index in [0.29, 0.717) is 23.5 Å². The summed E-state index contributed by atoms with van der Waals surface area (Å²) in [5.74, 6) is -0.700. The molecule has 2 aliphatic rings. The van der Waals surface area contributed by atoms with Crippen LogP contribution in [0.5, 0.6) is 0 Å². The van der Waals surface area contributed by atoms with E-state index in [0.717, 1.165) is 28.8 Å². The number of nitrogens with zero attached hydrogens (tertiary/aromatic N) is 1. The molecule has 35 heavy (non-hydrogen) atoms. The molecule has 176 valence electrons. The van der Waals surface area contributed by atoms with Crippen LogP contribution in [0, 0.1) is 0 Å². The lowest BCUT2D eigenvalue weighted by atomic mass is 9.83. The van der Waals surface area contributed by atoms with Gasteiger partial charge in [-0.3, -0.25) is 19.3 Å². The van der Waals surface area contributed by atoms with E-state index >= 15 is 0 Å². The van der Waals surface area contributed by atoms with Gasteiger partial charge in [-0.2, -0.15) is 0 Å². The molecule has 3 amide bonds. The molecule has 2 N–H and O–H groups in total. The van der Waals surface area contributed by atoms with Crippen molar-refractivity contribution in [2.75, 3.05) is 10.2 Å². The Morgan fingerprint density at radius 3 is 2.31 bits per heavy atom. The highest BCUT2D eigenvalue weighted by Gasteiger charge is 2.33. The van der Waals surface area contributed by atoms with Crippen LogP contribution in [0.1, 0.15) is 43.4 Å². The van der Waals surface area contributed by atoms with E-state index in [1.165, 1.54) is 0 Å². The van der Waals surface area contributed by atoms with Crippen LogP contribution in [0.25, 0.3) is 5.70 Å². The molecule has 3 aromatic carbocycles. The van der Waals surface area contributed by atoms with Gasteiger partial charge in [-0.05, 0) is 62.1 Å². The fraction of sp³-hybridized carbons (Fsp3) is 0.207. The maximum Gasteiger partial charge on any atom is 0.240 e. The van der Waals surface area contributed by atoms with E-state index in [2.05, 4.69) is 16.7 Å². The third-order valence-corrected chi connectivity index (χ3v) is 6.75. The molecule has 1 heterocycles. The number of allylic oxidation sites excluding steroid dienone is 1. The Hall–Kier alpha value is -4.19. The Morgan fingerprint density at radius 1 is 0.886 bits per heavy atom. The average Bonchev–Trinajstić information content (AvgIpc) is 2.99. The SMILES string of the molecule is CC(C)(C(=O)Nc1ccc(N2C(=O)CC(=O)NC3=C2CCc2ccccc23)cc1)c1ccccc1. The minimum absolute atomic E-state index is 0.119. The molecule has 0 saturated carbocycles. The van der Waals surface area contributed by atoms with Gasteiger partial charge in [-0.25, -0.2) is 0 Å². The Balaban J connectivity index is 1.44. The number of fused-ring (bicyclic) bond motifs is 2. The molecule has 1 aliphatic heterocycles. The number of benzene rings is 3. The van der Waals surface area contributed by atoms with Gasteiger partial charge in [0.25, 0.3) is 0 Å². The lowest BCUT2D eigenvalue weighted by molar-refractivity contribution is -0.126. The highest BCUT2D eigenvalue weighted by atomic mass is 16.2. The molecular formula is C29H27N3O3. The third kappa shape index (κ3) is 4.23. The summed E-state index contributed by atoms with van der Waals surface area (Å²) in [4.78, 5) is 40.3. The number of nitrogens with one attached hydrogen (secondary N) is 2. The first-order chi connectivity index (χ1) is 16.8. The predicted molar refractivity (Wildman–Crippen MR) is 136 cm³/mol. The highest BCUT2D eigenvalue weighted by molar-refractivity contribution is 6.12. The number of rotatable bonds is 4. The molecule has 0 atom stereocenters. The van der Waals surface area contributed by atoms with E-state index in [-0.39, 0.29) is 24.1 Å². The molecule has 0 saturated heterocycles. The van der Waals surface area contributed by atoms with Crippen molar-refractivity contribution in [3.05, 3.63) is 101 Å². The van der Waals surface area contributed by atoms with Crippen LogP contribution in [0.4, 0.5) is 11.4 Å². The fourth-order valence-corrected chi connectivity index (χ4v) is 4.70. The topological polar surface area (TPSA) is 78.5 Å². The summed E-state index contributed by atoms with van der Waals surface area (Å²) in [5.41, 5.74) is 5.13. The van der Waals surface area contributed by atoms with Crippen LogP contribution < -0.4 is 15.5 Å². The van der Waals surface area contributed by atoms with E-state index in [1.807, 2.05) is 74.5 Å². The van der Waals surface area contributed by atoms with Crippen LogP contribution in [-0.2, 0) is 26.2 Å². The van der Waals surface area contributed by atoms with Crippen molar-refractivity contribution in [2.24, 2.45) is 0 Å². The van der Waals surface area contributed by atoms with Crippen LogP contribution in [0.15, 0.2) is 84.6 Å². The average molecular weight is 466 g/mol. The van der Waals surface area contributed by atoms with E-state index in [1.54, 1.807) is 17.0 Å². The summed E-state index contributed by atoms with van der Waals surface area (Å²) in [6.45, 7) is 3.78. The first kappa shape index (κ1) is 22.6. The van der Waals surface area contributed by atoms with Gasteiger partial charge in [0, 0.05) is 16.9 Å². The molecule has 5 rings (SSSR count). The van der Waals surface area contributed by atoms with Crippen molar-refractivity contribution in [1.29, 1.82) is 0 Å². The maximum absolute atomic E-state index is 13.1. The number of aryl methyl sites for hydroxylation is 1. The van der Waals surface area contributed by atoms with Crippen molar-refractivity contribution in [2.45, 2.75) is 38.5 Å². The second kappa shape index (κ2) is 8.87. The number of carbonyl (C=O) groups excluding carboxylic acids is 3. The number of anilines is 2. The Morgan fingerprint density at radius 2 is 1.57 bits per heavy atom. The Kier molecular flexibility index (Phi) is 5.73. The van der Waals surface area contributed by atoms with E-state index < -0.39 is 5.41 Å². The summed E-state index contributed by atoms with van der Waals surface area (Å²) in [7, 11) is 0. The van der Waals surface area contributed by atoms with Gasteiger partial charge < -0.3 is 10.6 Å². The second-order valence-corrected chi connectivity index (χ2v) is 9.42. The molecule has 0 unspecified atom stereocenters. The predicted octanol–water partition coefficient (Wildman–Crippen LogP) is 4.77. The summed E-state index contributed by atoms with van der Waals surface area (Å²) < 4.78 is 0. The number of hydrogen-bond acceptors (Lipinski definition) is 3. The summed E-state index contributed by atoms with van der Waals surface area (Å²) in [6.07, 6.45) is 1.21. The Labute approximate surface area is 204 Å². The zero-order valence-electron chi connectivity index (χ0n) is 19.8. The number of amides is 3. The molecule has 1 aliphatic carbocycles. The minimum Gasteiger partial charge on any atom is -0.325 e. The summed E-state index contributed by atoms with van der Waals surface area (Å²) >= 11 is 0. The van der Waals surface area contributed by atoms with Gasteiger partial charge in [0.15, 0.2) is 0 Å². The number of carbonyl (C=O) groups is 3. The van der Waals surface area contributed by atoms with Crippen LogP contribution in [0.2, 0.25) is 0 Å².